The maximum atomic E-state index is 12.1. The van der Waals surface area contributed by atoms with E-state index in [0.717, 1.165) is 10.3 Å². The lowest BCUT2D eigenvalue weighted by atomic mass is 10.2. The fourth-order valence-corrected chi connectivity index (χ4v) is 3.22. The molecular formula is C13H16BrN3O2S. The first kappa shape index (κ1) is 15.2. The summed E-state index contributed by atoms with van der Waals surface area (Å²) in [6.45, 7) is 4.38. The van der Waals surface area contributed by atoms with Crippen LogP contribution in [-0.4, -0.2) is 29.1 Å². The normalized spacial score (nSPS) is 12.7. The van der Waals surface area contributed by atoms with Gasteiger partial charge in [-0.25, -0.2) is 0 Å². The quantitative estimate of drug-likeness (QED) is 0.891. The van der Waals surface area contributed by atoms with Crippen LogP contribution in [0.4, 0.5) is 5.82 Å². The number of rotatable bonds is 5. The Hall–Kier alpha value is -1.18. The average molecular weight is 358 g/mol. The second-order valence-corrected chi connectivity index (χ2v) is 7.16. The van der Waals surface area contributed by atoms with Crippen LogP contribution in [0.2, 0.25) is 0 Å². The van der Waals surface area contributed by atoms with E-state index in [1.165, 1.54) is 4.88 Å². The Bertz CT molecular complexity index is 596. The Kier molecular flexibility index (Phi) is 4.95. The molecule has 20 heavy (non-hydrogen) atoms. The molecule has 0 bridgehead atoms. The van der Waals surface area contributed by atoms with Crippen molar-refractivity contribution in [2.75, 3.05) is 12.4 Å². The summed E-state index contributed by atoms with van der Waals surface area (Å²) in [6.07, 6.45) is 0. The van der Waals surface area contributed by atoms with Gasteiger partial charge in [-0.05, 0) is 49.0 Å². The number of halogens is 1. The zero-order valence-electron chi connectivity index (χ0n) is 11.5. The van der Waals surface area contributed by atoms with Crippen LogP contribution in [0.1, 0.15) is 17.6 Å². The summed E-state index contributed by atoms with van der Waals surface area (Å²) in [4.78, 5) is 15.3. The summed E-state index contributed by atoms with van der Waals surface area (Å²) >= 11 is 5.11. The van der Waals surface area contributed by atoms with E-state index >= 15 is 0 Å². The van der Waals surface area contributed by atoms with Gasteiger partial charge in [0.2, 0.25) is 5.91 Å². The molecule has 1 N–H and O–H groups in total. The van der Waals surface area contributed by atoms with Gasteiger partial charge in [0.15, 0.2) is 5.82 Å². The molecule has 1 amide bonds. The molecule has 0 aromatic carbocycles. The molecule has 5 nitrogen and oxygen atoms in total. The molecule has 0 aliphatic carbocycles. The largest absolute Gasteiger partial charge is 0.360 e. The molecule has 0 spiro atoms. The SMILES string of the molecule is Cc1cc(NC(=O)[C@@H](C)N(C)Cc2ccc(Br)s2)no1. The Morgan fingerprint density at radius 2 is 2.35 bits per heavy atom. The van der Waals surface area contributed by atoms with Gasteiger partial charge in [0.25, 0.3) is 0 Å². The van der Waals surface area contributed by atoms with Crippen molar-refractivity contribution in [2.45, 2.75) is 26.4 Å². The average Bonchev–Trinajstić information content (AvgIpc) is 2.97. The lowest BCUT2D eigenvalue weighted by Crippen LogP contribution is -2.39. The number of aryl methyl sites for hydroxylation is 1. The predicted molar refractivity (Wildman–Crippen MR) is 82.8 cm³/mol. The summed E-state index contributed by atoms with van der Waals surface area (Å²) < 4.78 is 6.02. The third-order valence-electron chi connectivity index (χ3n) is 2.95. The third-order valence-corrected chi connectivity index (χ3v) is 4.56. The van der Waals surface area contributed by atoms with Crippen molar-refractivity contribution in [1.29, 1.82) is 0 Å². The highest BCUT2D eigenvalue weighted by atomic mass is 79.9. The first-order valence-electron chi connectivity index (χ1n) is 6.14. The zero-order chi connectivity index (χ0) is 14.7. The van der Waals surface area contributed by atoms with E-state index in [-0.39, 0.29) is 11.9 Å². The van der Waals surface area contributed by atoms with Crippen molar-refractivity contribution in [3.63, 3.8) is 0 Å². The van der Waals surface area contributed by atoms with Gasteiger partial charge >= 0.3 is 0 Å². The molecule has 1 atom stereocenters. The van der Waals surface area contributed by atoms with Crippen LogP contribution < -0.4 is 5.32 Å². The van der Waals surface area contributed by atoms with Gasteiger partial charge in [0.05, 0.1) is 9.83 Å². The van der Waals surface area contributed by atoms with Crippen LogP contribution in [0.15, 0.2) is 26.5 Å². The van der Waals surface area contributed by atoms with Crippen LogP contribution in [-0.2, 0) is 11.3 Å². The lowest BCUT2D eigenvalue weighted by molar-refractivity contribution is -0.120. The molecule has 108 valence electrons. The molecule has 7 heteroatoms. The maximum absolute atomic E-state index is 12.1. The molecule has 0 aliphatic rings. The molecule has 0 fully saturated rings. The van der Waals surface area contributed by atoms with Crippen molar-refractivity contribution in [3.05, 3.63) is 32.6 Å². The standard InChI is InChI=1S/C13H16BrN3O2S/c1-8-6-12(16-19-8)15-13(18)9(2)17(3)7-10-4-5-11(14)20-10/h4-6,9H,7H2,1-3H3,(H,15,16,18)/t9-/m1/s1. The molecule has 2 aromatic rings. The number of amides is 1. The molecule has 0 radical (unpaired) electrons. The van der Waals surface area contributed by atoms with Crippen molar-refractivity contribution in [2.24, 2.45) is 0 Å². The number of anilines is 1. The highest BCUT2D eigenvalue weighted by Gasteiger charge is 2.19. The molecule has 0 saturated heterocycles. The molecule has 0 saturated carbocycles. The first-order chi connectivity index (χ1) is 9.45. The second-order valence-electron chi connectivity index (χ2n) is 4.61. The number of thiophene rings is 1. The van der Waals surface area contributed by atoms with E-state index in [9.17, 15) is 4.79 Å². The van der Waals surface area contributed by atoms with Gasteiger partial charge in [-0.1, -0.05) is 5.16 Å². The van der Waals surface area contributed by atoms with Crippen LogP contribution >= 0.6 is 27.3 Å². The van der Waals surface area contributed by atoms with Gasteiger partial charge in [-0.15, -0.1) is 11.3 Å². The number of nitrogens with one attached hydrogen (secondary N) is 1. The molecule has 2 aromatic heterocycles. The Balaban J connectivity index is 1.92. The van der Waals surface area contributed by atoms with Gasteiger partial charge in [0.1, 0.15) is 5.76 Å². The van der Waals surface area contributed by atoms with Gasteiger partial charge in [-0.2, -0.15) is 0 Å². The highest BCUT2D eigenvalue weighted by Crippen LogP contribution is 2.23. The molecule has 2 heterocycles. The Labute approximate surface area is 130 Å². The van der Waals surface area contributed by atoms with Crippen molar-refractivity contribution < 1.29 is 9.32 Å². The van der Waals surface area contributed by atoms with Crippen LogP contribution in [0.5, 0.6) is 0 Å². The van der Waals surface area contributed by atoms with Crippen LogP contribution in [0, 0.1) is 6.92 Å². The highest BCUT2D eigenvalue weighted by molar-refractivity contribution is 9.11. The number of likely N-dealkylation sites (N-methyl/N-ethyl adjacent to an activating group) is 1. The van der Waals surface area contributed by atoms with Crippen LogP contribution in [0.25, 0.3) is 0 Å². The number of hydrogen-bond acceptors (Lipinski definition) is 5. The fourth-order valence-electron chi connectivity index (χ4n) is 1.68. The second kappa shape index (κ2) is 6.51. The number of aromatic nitrogens is 1. The summed E-state index contributed by atoms with van der Waals surface area (Å²) in [7, 11) is 1.92. The minimum absolute atomic E-state index is 0.101. The number of nitrogens with zero attached hydrogens (tertiary/aromatic N) is 2. The summed E-state index contributed by atoms with van der Waals surface area (Å²) in [6, 6.07) is 5.50. The van der Waals surface area contributed by atoms with E-state index in [0.29, 0.717) is 11.6 Å². The summed E-state index contributed by atoms with van der Waals surface area (Å²) in [5.41, 5.74) is 0. The smallest absolute Gasteiger partial charge is 0.242 e. The first-order valence-corrected chi connectivity index (χ1v) is 7.75. The summed E-state index contributed by atoms with van der Waals surface area (Å²) in [5, 5.41) is 6.50. The van der Waals surface area contributed by atoms with E-state index in [1.54, 1.807) is 24.3 Å². The number of carbonyl (C=O) groups excluding carboxylic acids is 1. The molecule has 0 unspecified atom stereocenters. The van der Waals surface area contributed by atoms with E-state index in [1.807, 2.05) is 24.9 Å². The van der Waals surface area contributed by atoms with Crippen molar-refractivity contribution in [1.82, 2.24) is 10.1 Å². The van der Waals surface area contributed by atoms with E-state index < -0.39 is 0 Å². The van der Waals surface area contributed by atoms with Gasteiger partial charge in [-0.3, -0.25) is 9.69 Å². The van der Waals surface area contributed by atoms with Gasteiger partial charge < -0.3 is 9.84 Å². The minimum Gasteiger partial charge on any atom is -0.360 e. The van der Waals surface area contributed by atoms with Gasteiger partial charge in [0, 0.05) is 17.5 Å². The number of hydrogen-bond donors (Lipinski definition) is 1. The fraction of sp³-hybridized carbons (Fsp3) is 0.385. The topological polar surface area (TPSA) is 58.4 Å². The van der Waals surface area contributed by atoms with Crippen molar-refractivity contribution >= 4 is 39.0 Å². The number of carbonyl (C=O) groups is 1. The maximum Gasteiger partial charge on any atom is 0.242 e. The molecule has 2 rings (SSSR count). The minimum atomic E-state index is -0.257. The van der Waals surface area contributed by atoms with Crippen molar-refractivity contribution in [3.8, 4) is 0 Å². The summed E-state index contributed by atoms with van der Waals surface area (Å²) in [5.74, 6) is 1.02. The third kappa shape index (κ3) is 3.91. The van der Waals surface area contributed by atoms with E-state index in [4.69, 9.17) is 4.52 Å². The Morgan fingerprint density at radius 1 is 1.60 bits per heavy atom. The molecule has 0 aliphatic heterocycles. The zero-order valence-corrected chi connectivity index (χ0v) is 13.9. The van der Waals surface area contributed by atoms with E-state index in [2.05, 4.69) is 32.5 Å². The Morgan fingerprint density at radius 3 is 2.90 bits per heavy atom. The molecular weight excluding hydrogens is 342 g/mol. The van der Waals surface area contributed by atoms with Crippen LogP contribution in [0.3, 0.4) is 0 Å². The predicted octanol–water partition coefficient (Wildman–Crippen LogP) is 3.27. The lowest BCUT2D eigenvalue weighted by Gasteiger charge is -2.22. The monoisotopic (exact) mass is 357 g/mol.